The average molecular weight is 520 g/mol. The minimum atomic E-state index is 0. The highest BCUT2D eigenvalue weighted by Gasteiger charge is 2.23. The molecule has 0 spiro atoms. The number of nitrogens with zero attached hydrogens (tertiary/aromatic N) is 3. The Morgan fingerprint density at radius 1 is 1.41 bits per heavy atom. The lowest BCUT2D eigenvalue weighted by molar-refractivity contribution is 0.649. The highest BCUT2D eigenvalue weighted by molar-refractivity contribution is 14.0. The molecule has 8 heteroatoms. The summed E-state index contributed by atoms with van der Waals surface area (Å²) < 4.78 is 0. The summed E-state index contributed by atoms with van der Waals surface area (Å²) in [4.78, 5) is 11.7. The summed E-state index contributed by atoms with van der Waals surface area (Å²) in [6, 6.07) is 8.42. The average Bonchev–Trinajstić information content (AvgIpc) is 3.29. The van der Waals surface area contributed by atoms with Crippen LogP contribution < -0.4 is 15.5 Å². The third kappa shape index (κ3) is 6.50. The Bertz CT molecular complexity index is 751. The van der Waals surface area contributed by atoms with E-state index in [-0.39, 0.29) is 24.0 Å². The van der Waals surface area contributed by atoms with Crippen molar-refractivity contribution in [1.82, 2.24) is 15.6 Å². The summed E-state index contributed by atoms with van der Waals surface area (Å²) in [5, 5.41) is 10.9. The second-order valence-corrected chi connectivity index (χ2v) is 7.72. The molecule has 1 aliphatic rings. The summed E-state index contributed by atoms with van der Waals surface area (Å²) in [5.41, 5.74) is 2.22. The molecule has 148 valence electrons. The van der Waals surface area contributed by atoms with Gasteiger partial charge in [-0.1, -0.05) is 24.6 Å². The highest BCUT2D eigenvalue weighted by Crippen LogP contribution is 2.23. The number of nitrogens with one attached hydrogen (secondary N) is 2. The van der Waals surface area contributed by atoms with Crippen LogP contribution in [0.1, 0.15) is 31.0 Å². The Morgan fingerprint density at radius 3 is 2.96 bits per heavy atom. The van der Waals surface area contributed by atoms with E-state index in [0.717, 1.165) is 49.2 Å². The van der Waals surface area contributed by atoms with Gasteiger partial charge in [-0.2, -0.15) is 0 Å². The van der Waals surface area contributed by atoms with E-state index in [1.807, 2.05) is 18.2 Å². The fraction of sp³-hybridized carbons (Fsp3) is 0.474. The normalized spacial score (nSPS) is 16.9. The first kappa shape index (κ1) is 22.2. The zero-order valence-corrected chi connectivity index (χ0v) is 19.6. The van der Waals surface area contributed by atoms with Crippen LogP contribution >= 0.6 is 46.9 Å². The molecule has 0 bridgehead atoms. The lowest BCUT2D eigenvalue weighted by Crippen LogP contribution is -2.44. The van der Waals surface area contributed by atoms with Crippen molar-refractivity contribution in [3.8, 4) is 0 Å². The minimum absolute atomic E-state index is 0. The van der Waals surface area contributed by atoms with Crippen LogP contribution in [0.3, 0.4) is 0 Å². The number of anilines is 1. The maximum absolute atomic E-state index is 6.12. The van der Waals surface area contributed by atoms with E-state index in [2.05, 4.69) is 45.8 Å². The smallest absolute Gasteiger partial charge is 0.191 e. The number of thiazole rings is 1. The van der Waals surface area contributed by atoms with E-state index in [0.29, 0.717) is 12.6 Å². The van der Waals surface area contributed by atoms with Gasteiger partial charge in [-0.05, 0) is 38.0 Å². The Morgan fingerprint density at radius 2 is 2.26 bits per heavy atom. The summed E-state index contributed by atoms with van der Waals surface area (Å²) in [6.07, 6.45) is 2.06. The molecule has 5 nitrogen and oxygen atoms in total. The van der Waals surface area contributed by atoms with Gasteiger partial charge in [0.25, 0.3) is 0 Å². The number of guanidine groups is 1. The van der Waals surface area contributed by atoms with Crippen molar-refractivity contribution in [3.63, 3.8) is 0 Å². The Labute approximate surface area is 187 Å². The molecule has 1 atom stereocenters. The molecule has 0 saturated carbocycles. The van der Waals surface area contributed by atoms with Gasteiger partial charge in [0.1, 0.15) is 0 Å². The number of benzene rings is 1. The molecule has 0 amide bonds. The van der Waals surface area contributed by atoms with Crippen molar-refractivity contribution >= 4 is 58.6 Å². The predicted octanol–water partition coefficient (Wildman–Crippen LogP) is 4.31. The van der Waals surface area contributed by atoms with E-state index >= 15 is 0 Å². The standard InChI is InChI=1S/C19H26ClN5S.HI/c1-3-18-23-16(13-26-18)11-22-19(21-4-2)24-15-8-9-25(12-15)17-7-5-6-14(20)10-17;/h5-7,10,13,15H,3-4,8-9,11-12H2,1-2H3,(H2,21,22,24);1H. The van der Waals surface area contributed by atoms with Crippen molar-refractivity contribution in [3.05, 3.63) is 45.4 Å². The molecule has 27 heavy (non-hydrogen) atoms. The molecule has 1 aromatic carbocycles. The number of hydrogen-bond acceptors (Lipinski definition) is 4. The summed E-state index contributed by atoms with van der Waals surface area (Å²) in [5.74, 6) is 0.858. The van der Waals surface area contributed by atoms with Gasteiger partial charge in [0.15, 0.2) is 5.96 Å². The van der Waals surface area contributed by atoms with Crippen LogP contribution in [0.25, 0.3) is 0 Å². The fourth-order valence-corrected chi connectivity index (χ4v) is 3.96. The molecule has 1 fully saturated rings. The number of aliphatic imine (C=N–C) groups is 1. The van der Waals surface area contributed by atoms with Crippen LogP contribution in [-0.4, -0.2) is 36.6 Å². The van der Waals surface area contributed by atoms with Crippen LogP contribution in [0.15, 0.2) is 34.6 Å². The predicted molar refractivity (Wildman–Crippen MR) is 127 cm³/mol. The molecule has 2 aromatic rings. The van der Waals surface area contributed by atoms with Crippen LogP contribution in [0, 0.1) is 0 Å². The topological polar surface area (TPSA) is 52.6 Å². The van der Waals surface area contributed by atoms with Crippen LogP contribution in [0.5, 0.6) is 0 Å². The zero-order valence-electron chi connectivity index (χ0n) is 15.7. The van der Waals surface area contributed by atoms with Crippen molar-refractivity contribution in [2.24, 2.45) is 4.99 Å². The van der Waals surface area contributed by atoms with Gasteiger partial charge in [-0.15, -0.1) is 35.3 Å². The maximum Gasteiger partial charge on any atom is 0.191 e. The van der Waals surface area contributed by atoms with E-state index in [9.17, 15) is 0 Å². The van der Waals surface area contributed by atoms with Crippen molar-refractivity contribution in [2.75, 3.05) is 24.5 Å². The third-order valence-corrected chi connectivity index (χ3v) is 5.62. The molecule has 0 radical (unpaired) electrons. The summed E-state index contributed by atoms with van der Waals surface area (Å²) in [6.45, 7) is 7.63. The quantitative estimate of drug-likeness (QED) is 0.339. The van der Waals surface area contributed by atoms with E-state index in [1.54, 1.807) is 11.3 Å². The fourth-order valence-electron chi connectivity index (χ4n) is 3.04. The third-order valence-electron chi connectivity index (χ3n) is 4.35. The van der Waals surface area contributed by atoms with E-state index in [1.165, 1.54) is 10.7 Å². The lowest BCUT2D eigenvalue weighted by Gasteiger charge is -2.20. The minimum Gasteiger partial charge on any atom is -0.369 e. The maximum atomic E-state index is 6.12. The van der Waals surface area contributed by atoms with E-state index < -0.39 is 0 Å². The molecule has 0 aliphatic carbocycles. The monoisotopic (exact) mass is 519 g/mol. The molecule has 1 unspecified atom stereocenters. The first-order valence-electron chi connectivity index (χ1n) is 9.16. The van der Waals surface area contributed by atoms with Crippen LogP contribution in [0.4, 0.5) is 5.69 Å². The Balaban J connectivity index is 0.00000261. The Kier molecular flexibility index (Phi) is 9.11. The number of aryl methyl sites for hydroxylation is 1. The lowest BCUT2D eigenvalue weighted by atomic mass is 10.2. The van der Waals surface area contributed by atoms with Crippen molar-refractivity contribution < 1.29 is 0 Å². The molecule has 1 saturated heterocycles. The van der Waals surface area contributed by atoms with Crippen LogP contribution in [-0.2, 0) is 13.0 Å². The van der Waals surface area contributed by atoms with E-state index in [4.69, 9.17) is 16.6 Å². The van der Waals surface area contributed by atoms with Crippen molar-refractivity contribution in [1.29, 1.82) is 0 Å². The van der Waals surface area contributed by atoms with Gasteiger partial charge in [-0.25, -0.2) is 9.98 Å². The van der Waals surface area contributed by atoms with Gasteiger partial charge < -0.3 is 15.5 Å². The Hall–Kier alpha value is -1.06. The van der Waals surface area contributed by atoms with Crippen LogP contribution in [0.2, 0.25) is 5.02 Å². The molecule has 1 aliphatic heterocycles. The SMILES string of the molecule is CCNC(=NCc1csc(CC)n1)NC1CCN(c2cccc(Cl)c2)C1.I. The van der Waals surface area contributed by atoms with Gasteiger partial charge in [0.05, 0.1) is 17.2 Å². The number of rotatable bonds is 6. The zero-order chi connectivity index (χ0) is 18.4. The molecular weight excluding hydrogens is 493 g/mol. The van der Waals surface area contributed by atoms with Gasteiger partial charge >= 0.3 is 0 Å². The summed E-state index contributed by atoms with van der Waals surface area (Å²) >= 11 is 7.83. The summed E-state index contributed by atoms with van der Waals surface area (Å²) in [7, 11) is 0. The number of aromatic nitrogens is 1. The molecular formula is C19H27ClIN5S. The molecule has 3 rings (SSSR count). The largest absolute Gasteiger partial charge is 0.369 e. The van der Waals surface area contributed by atoms with Crippen molar-refractivity contribution in [2.45, 2.75) is 39.3 Å². The second kappa shape index (κ2) is 11.1. The second-order valence-electron chi connectivity index (χ2n) is 6.34. The van der Waals surface area contributed by atoms with Gasteiger partial charge in [0, 0.05) is 41.8 Å². The first-order chi connectivity index (χ1) is 12.7. The molecule has 1 aromatic heterocycles. The number of halogens is 2. The van der Waals surface area contributed by atoms with Gasteiger partial charge in [-0.3, -0.25) is 0 Å². The first-order valence-corrected chi connectivity index (χ1v) is 10.4. The number of hydrogen-bond donors (Lipinski definition) is 2. The molecule has 2 heterocycles. The molecule has 2 N–H and O–H groups in total. The van der Waals surface area contributed by atoms with Gasteiger partial charge in [0.2, 0.25) is 0 Å². The highest BCUT2D eigenvalue weighted by atomic mass is 127.